The standard InChI is InChI=1S/C23H42O4/c1-3-5-6-7-8-9-10-11-14-18-21(27-23(26)17-4-2)19-15-12-13-16-20-22(24)25/h14,18,21H,3-13,15-17,19-20H2,1-2H3,(H,24,25)/b18-14-. The fourth-order valence-electron chi connectivity index (χ4n) is 3.07. The fourth-order valence-corrected chi connectivity index (χ4v) is 3.07. The third kappa shape index (κ3) is 19.3. The molecule has 158 valence electrons. The number of rotatable bonds is 19. The smallest absolute Gasteiger partial charge is 0.306 e. The van der Waals surface area contributed by atoms with Gasteiger partial charge in [0.2, 0.25) is 0 Å². The van der Waals surface area contributed by atoms with Crippen molar-refractivity contribution in [3.8, 4) is 0 Å². The Morgan fingerprint density at radius 1 is 0.815 bits per heavy atom. The molecule has 0 amide bonds. The van der Waals surface area contributed by atoms with Crippen molar-refractivity contribution in [2.24, 2.45) is 0 Å². The van der Waals surface area contributed by atoms with Gasteiger partial charge in [-0.15, -0.1) is 0 Å². The molecule has 27 heavy (non-hydrogen) atoms. The molecular formula is C23H42O4. The predicted molar refractivity (Wildman–Crippen MR) is 112 cm³/mol. The molecule has 0 aliphatic rings. The number of allylic oxidation sites excluding steroid dienone is 1. The summed E-state index contributed by atoms with van der Waals surface area (Å²) in [6, 6.07) is 0. The van der Waals surface area contributed by atoms with E-state index >= 15 is 0 Å². The van der Waals surface area contributed by atoms with Gasteiger partial charge in [0.25, 0.3) is 0 Å². The van der Waals surface area contributed by atoms with Crippen LogP contribution in [0.15, 0.2) is 12.2 Å². The number of carboxylic acid groups (broad SMARTS) is 1. The van der Waals surface area contributed by atoms with Crippen LogP contribution in [-0.2, 0) is 14.3 Å². The van der Waals surface area contributed by atoms with Gasteiger partial charge in [0.1, 0.15) is 6.10 Å². The first-order valence-electron chi connectivity index (χ1n) is 11.2. The van der Waals surface area contributed by atoms with Gasteiger partial charge in [-0.25, -0.2) is 0 Å². The van der Waals surface area contributed by atoms with Gasteiger partial charge in [0.05, 0.1) is 0 Å². The van der Waals surface area contributed by atoms with Gasteiger partial charge in [0, 0.05) is 12.8 Å². The summed E-state index contributed by atoms with van der Waals surface area (Å²) in [5.41, 5.74) is 0. The molecule has 0 saturated heterocycles. The highest BCUT2D eigenvalue weighted by Gasteiger charge is 2.10. The van der Waals surface area contributed by atoms with E-state index in [1.54, 1.807) is 0 Å². The topological polar surface area (TPSA) is 63.6 Å². The summed E-state index contributed by atoms with van der Waals surface area (Å²) in [6.45, 7) is 4.22. The second-order valence-electron chi connectivity index (χ2n) is 7.46. The average Bonchev–Trinajstić information content (AvgIpc) is 2.62. The van der Waals surface area contributed by atoms with E-state index in [0.717, 1.165) is 44.9 Å². The van der Waals surface area contributed by atoms with Gasteiger partial charge in [-0.3, -0.25) is 9.59 Å². The van der Waals surface area contributed by atoms with E-state index in [0.29, 0.717) is 6.42 Å². The quantitative estimate of drug-likeness (QED) is 0.151. The minimum Gasteiger partial charge on any atom is -0.481 e. The lowest BCUT2D eigenvalue weighted by molar-refractivity contribution is -0.147. The molecule has 0 heterocycles. The Bertz CT molecular complexity index is 390. The zero-order chi connectivity index (χ0) is 20.2. The first kappa shape index (κ1) is 25.7. The highest BCUT2D eigenvalue weighted by Crippen LogP contribution is 2.13. The minimum atomic E-state index is -0.727. The number of carbonyl (C=O) groups is 2. The Morgan fingerprint density at radius 3 is 2.11 bits per heavy atom. The molecule has 4 nitrogen and oxygen atoms in total. The van der Waals surface area contributed by atoms with E-state index in [4.69, 9.17) is 9.84 Å². The second kappa shape index (κ2) is 19.4. The molecule has 0 aromatic rings. The maximum atomic E-state index is 11.8. The van der Waals surface area contributed by atoms with Crippen LogP contribution in [0.5, 0.6) is 0 Å². The van der Waals surface area contributed by atoms with Crippen LogP contribution in [0.4, 0.5) is 0 Å². The molecule has 0 spiro atoms. The summed E-state index contributed by atoms with van der Waals surface area (Å²) in [5, 5.41) is 8.65. The summed E-state index contributed by atoms with van der Waals surface area (Å²) < 4.78 is 5.59. The van der Waals surface area contributed by atoms with Gasteiger partial charge in [-0.05, 0) is 44.6 Å². The Labute approximate surface area is 166 Å². The van der Waals surface area contributed by atoms with Crippen molar-refractivity contribution in [1.29, 1.82) is 0 Å². The maximum Gasteiger partial charge on any atom is 0.306 e. The van der Waals surface area contributed by atoms with Crippen LogP contribution in [0.2, 0.25) is 0 Å². The second-order valence-corrected chi connectivity index (χ2v) is 7.46. The van der Waals surface area contributed by atoms with Crippen molar-refractivity contribution < 1.29 is 19.4 Å². The zero-order valence-corrected chi connectivity index (χ0v) is 17.7. The first-order valence-corrected chi connectivity index (χ1v) is 11.2. The normalized spacial score (nSPS) is 12.4. The number of aliphatic carboxylic acids is 1. The van der Waals surface area contributed by atoms with Crippen LogP contribution in [0.25, 0.3) is 0 Å². The molecule has 0 aliphatic heterocycles. The third-order valence-corrected chi connectivity index (χ3v) is 4.69. The van der Waals surface area contributed by atoms with Crippen molar-refractivity contribution in [1.82, 2.24) is 0 Å². The number of unbranched alkanes of at least 4 members (excludes halogenated alkanes) is 10. The zero-order valence-electron chi connectivity index (χ0n) is 17.7. The highest BCUT2D eigenvalue weighted by molar-refractivity contribution is 5.69. The largest absolute Gasteiger partial charge is 0.481 e. The van der Waals surface area contributed by atoms with Crippen molar-refractivity contribution in [3.63, 3.8) is 0 Å². The molecule has 1 N–H and O–H groups in total. The number of hydrogen-bond acceptors (Lipinski definition) is 3. The molecule has 0 rings (SSSR count). The Morgan fingerprint density at radius 2 is 1.44 bits per heavy atom. The molecule has 0 saturated carbocycles. The number of carboxylic acids is 1. The summed E-state index contributed by atoms with van der Waals surface area (Å²) >= 11 is 0. The van der Waals surface area contributed by atoms with Crippen molar-refractivity contribution in [2.75, 3.05) is 0 Å². The van der Waals surface area contributed by atoms with E-state index in [1.165, 1.54) is 44.9 Å². The van der Waals surface area contributed by atoms with Gasteiger partial charge in [-0.1, -0.05) is 71.3 Å². The van der Waals surface area contributed by atoms with Gasteiger partial charge in [-0.2, -0.15) is 0 Å². The average molecular weight is 383 g/mol. The Hall–Kier alpha value is -1.32. The van der Waals surface area contributed by atoms with Gasteiger partial charge >= 0.3 is 11.9 Å². The molecule has 4 heteroatoms. The molecule has 0 aliphatic carbocycles. The number of carbonyl (C=O) groups excluding carboxylic acids is 1. The minimum absolute atomic E-state index is 0.117. The van der Waals surface area contributed by atoms with E-state index in [1.807, 2.05) is 6.92 Å². The molecule has 0 aromatic heterocycles. The highest BCUT2D eigenvalue weighted by atomic mass is 16.5. The molecule has 0 radical (unpaired) electrons. The Kier molecular flexibility index (Phi) is 18.5. The van der Waals surface area contributed by atoms with E-state index in [2.05, 4.69) is 19.1 Å². The van der Waals surface area contributed by atoms with Crippen LogP contribution < -0.4 is 0 Å². The monoisotopic (exact) mass is 382 g/mol. The summed E-state index contributed by atoms with van der Waals surface area (Å²) in [5.74, 6) is -0.844. The maximum absolute atomic E-state index is 11.8. The lowest BCUT2D eigenvalue weighted by Gasteiger charge is -2.14. The summed E-state index contributed by atoms with van der Waals surface area (Å²) in [7, 11) is 0. The number of ether oxygens (including phenoxy) is 1. The molecule has 0 bridgehead atoms. The molecule has 1 atom stereocenters. The molecular weight excluding hydrogens is 340 g/mol. The van der Waals surface area contributed by atoms with Gasteiger partial charge < -0.3 is 9.84 Å². The Balaban J connectivity index is 4.00. The SMILES string of the molecule is CCCCCCCCC/C=C\C(CCCCCCC(=O)O)OC(=O)CCC. The molecule has 1 unspecified atom stereocenters. The van der Waals surface area contributed by atoms with Crippen LogP contribution in [0.1, 0.15) is 117 Å². The summed E-state index contributed by atoms with van der Waals surface area (Å²) in [6.07, 6.45) is 20.2. The summed E-state index contributed by atoms with van der Waals surface area (Å²) in [4.78, 5) is 22.3. The van der Waals surface area contributed by atoms with Crippen LogP contribution in [0, 0.1) is 0 Å². The van der Waals surface area contributed by atoms with Gasteiger partial charge in [0.15, 0.2) is 0 Å². The lowest BCUT2D eigenvalue weighted by atomic mass is 10.1. The van der Waals surface area contributed by atoms with E-state index in [9.17, 15) is 9.59 Å². The lowest BCUT2D eigenvalue weighted by Crippen LogP contribution is -2.15. The third-order valence-electron chi connectivity index (χ3n) is 4.69. The predicted octanol–water partition coefficient (Wildman–Crippen LogP) is 6.82. The first-order chi connectivity index (χ1) is 13.1. The van der Waals surface area contributed by atoms with Crippen LogP contribution in [-0.4, -0.2) is 23.1 Å². The van der Waals surface area contributed by atoms with Crippen molar-refractivity contribution in [2.45, 2.75) is 123 Å². The van der Waals surface area contributed by atoms with Crippen LogP contribution >= 0.6 is 0 Å². The number of esters is 1. The van der Waals surface area contributed by atoms with E-state index in [-0.39, 0.29) is 18.5 Å². The molecule has 0 aromatic carbocycles. The fraction of sp³-hybridized carbons (Fsp3) is 0.826. The van der Waals surface area contributed by atoms with Crippen molar-refractivity contribution in [3.05, 3.63) is 12.2 Å². The van der Waals surface area contributed by atoms with Crippen molar-refractivity contribution >= 4 is 11.9 Å². The van der Waals surface area contributed by atoms with E-state index < -0.39 is 5.97 Å². The molecule has 0 fully saturated rings. The number of hydrogen-bond donors (Lipinski definition) is 1. The van der Waals surface area contributed by atoms with Crippen LogP contribution in [0.3, 0.4) is 0 Å².